The first-order valence-electron chi connectivity index (χ1n) is 12.6. The second kappa shape index (κ2) is 12.7. The number of hydrogen-bond donors (Lipinski definition) is 0. The van der Waals surface area contributed by atoms with Crippen LogP contribution in [0.15, 0.2) is 36.4 Å². The number of hydrogen-bond acceptors (Lipinski definition) is 1. The van der Waals surface area contributed by atoms with Gasteiger partial charge in [0.15, 0.2) is 11.6 Å². The van der Waals surface area contributed by atoms with Crippen molar-refractivity contribution in [2.75, 3.05) is 0 Å². The first-order valence-corrected chi connectivity index (χ1v) is 12.6. The molecule has 0 heterocycles. The third-order valence-corrected chi connectivity index (χ3v) is 7.24. The molecule has 0 atom stereocenters. The van der Waals surface area contributed by atoms with Crippen LogP contribution in [0.3, 0.4) is 0 Å². The predicted molar refractivity (Wildman–Crippen MR) is 128 cm³/mol. The van der Waals surface area contributed by atoms with Crippen LogP contribution in [0, 0.1) is 34.8 Å². The summed E-state index contributed by atoms with van der Waals surface area (Å²) in [6.07, 6.45) is 17.5. The molecule has 1 aliphatic rings. The van der Waals surface area contributed by atoms with E-state index in [0.29, 0.717) is 5.56 Å². The van der Waals surface area contributed by atoms with Crippen molar-refractivity contribution >= 4 is 0 Å². The number of nitrogens with zero attached hydrogens (tertiary/aromatic N) is 1. The molecule has 0 amide bonds. The summed E-state index contributed by atoms with van der Waals surface area (Å²) in [7, 11) is 0. The van der Waals surface area contributed by atoms with Crippen molar-refractivity contribution < 1.29 is 8.78 Å². The van der Waals surface area contributed by atoms with E-state index in [1.807, 2.05) is 24.3 Å². The zero-order chi connectivity index (χ0) is 22.8. The summed E-state index contributed by atoms with van der Waals surface area (Å²) >= 11 is 0. The van der Waals surface area contributed by atoms with Gasteiger partial charge in [0.2, 0.25) is 0 Å². The van der Waals surface area contributed by atoms with Crippen LogP contribution in [-0.2, 0) is 6.42 Å². The van der Waals surface area contributed by atoms with Gasteiger partial charge in [0.25, 0.3) is 0 Å². The molecule has 2 aromatic rings. The Morgan fingerprint density at radius 2 is 1.41 bits per heavy atom. The van der Waals surface area contributed by atoms with Gasteiger partial charge in [-0.05, 0) is 47.9 Å². The molecule has 0 unspecified atom stereocenters. The zero-order valence-corrected chi connectivity index (χ0v) is 19.5. The van der Waals surface area contributed by atoms with E-state index < -0.39 is 11.6 Å². The van der Waals surface area contributed by atoms with Gasteiger partial charge in [0.1, 0.15) is 6.07 Å². The van der Waals surface area contributed by atoms with Gasteiger partial charge < -0.3 is 0 Å². The number of benzene rings is 2. The van der Waals surface area contributed by atoms with E-state index in [2.05, 4.69) is 6.92 Å². The Hall–Kier alpha value is -2.21. The number of aryl methyl sites for hydroxylation is 1. The fraction of sp³-hybridized carbons (Fsp3) is 0.552. The fourth-order valence-corrected chi connectivity index (χ4v) is 5.10. The van der Waals surface area contributed by atoms with Crippen LogP contribution < -0.4 is 0 Å². The number of nitriles is 1. The number of unbranched alkanes of at least 4 members (excludes halogenated alkanes) is 5. The minimum Gasteiger partial charge on any atom is -0.203 e. The Morgan fingerprint density at radius 3 is 2.06 bits per heavy atom. The summed E-state index contributed by atoms with van der Waals surface area (Å²) in [6, 6.07) is 12.3. The molecule has 1 saturated carbocycles. The Morgan fingerprint density at radius 1 is 0.781 bits per heavy atom. The molecule has 1 aliphatic carbocycles. The maximum Gasteiger partial charge on any atom is 0.177 e. The first kappa shape index (κ1) is 24.4. The van der Waals surface area contributed by atoms with Crippen LogP contribution in [0.25, 0.3) is 11.1 Å². The molecular weight excluding hydrogens is 400 g/mol. The lowest BCUT2D eigenvalue weighted by Crippen LogP contribution is -2.15. The summed E-state index contributed by atoms with van der Waals surface area (Å²) in [5, 5.41) is 8.84. The van der Waals surface area contributed by atoms with Gasteiger partial charge in [0, 0.05) is 5.56 Å². The van der Waals surface area contributed by atoms with Crippen LogP contribution >= 0.6 is 0 Å². The fourth-order valence-electron chi connectivity index (χ4n) is 5.10. The van der Waals surface area contributed by atoms with Crippen molar-refractivity contribution in [3.05, 3.63) is 59.2 Å². The maximum atomic E-state index is 14.3. The molecule has 3 heteroatoms. The molecule has 172 valence electrons. The number of rotatable bonds is 11. The third-order valence-electron chi connectivity index (χ3n) is 7.24. The van der Waals surface area contributed by atoms with Crippen molar-refractivity contribution in [2.24, 2.45) is 11.8 Å². The van der Waals surface area contributed by atoms with E-state index in [9.17, 15) is 8.78 Å². The first-order chi connectivity index (χ1) is 15.6. The monoisotopic (exact) mass is 437 g/mol. The van der Waals surface area contributed by atoms with Crippen molar-refractivity contribution in [3.63, 3.8) is 0 Å². The lowest BCUT2D eigenvalue weighted by Gasteiger charge is -2.28. The average molecular weight is 438 g/mol. The van der Waals surface area contributed by atoms with Crippen LogP contribution in [0.5, 0.6) is 0 Å². The highest BCUT2D eigenvalue weighted by atomic mass is 19.2. The predicted octanol–water partition coefficient (Wildman–Crippen LogP) is 8.99. The molecule has 0 bridgehead atoms. The highest BCUT2D eigenvalue weighted by molar-refractivity contribution is 5.65. The van der Waals surface area contributed by atoms with E-state index in [0.717, 1.165) is 18.3 Å². The standard InChI is InChI=1S/C29H37F2N/c1-2-3-4-5-6-7-8-22-9-11-23(12-10-22)13-14-24-15-17-25(18-16-24)27-20-19-26(21-32)28(30)29(27)31/h15-20,22-23H,2-14H2,1H3. The Labute approximate surface area is 192 Å². The van der Waals surface area contributed by atoms with Gasteiger partial charge in [-0.2, -0.15) is 5.26 Å². The topological polar surface area (TPSA) is 23.8 Å². The normalized spacial score (nSPS) is 18.4. The molecule has 3 rings (SSSR count). The Kier molecular flexibility index (Phi) is 9.72. The zero-order valence-electron chi connectivity index (χ0n) is 19.5. The smallest absolute Gasteiger partial charge is 0.177 e. The SMILES string of the molecule is CCCCCCCCC1CCC(CCc2ccc(-c3ccc(C#N)c(F)c3F)cc2)CC1. The largest absolute Gasteiger partial charge is 0.203 e. The van der Waals surface area contributed by atoms with Gasteiger partial charge >= 0.3 is 0 Å². The molecule has 0 aromatic heterocycles. The molecule has 32 heavy (non-hydrogen) atoms. The molecule has 0 aliphatic heterocycles. The summed E-state index contributed by atoms with van der Waals surface area (Å²) in [5.41, 5.74) is 1.84. The number of halogens is 2. The van der Waals surface area contributed by atoms with Gasteiger partial charge in [-0.15, -0.1) is 0 Å². The van der Waals surface area contributed by atoms with E-state index in [-0.39, 0.29) is 11.1 Å². The van der Waals surface area contributed by atoms with Gasteiger partial charge in [-0.3, -0.25) is 0 Å². The van der Waals surface area contributed by atoms with Crippen LogP contribution in [-0.4, -0.2) is 0 Å². The minimum absolute atomic E-state index is 0.205. The van der Waals surface area contributed by atoms with Crippen LogP contribution in [0.4, 0.5) is 8.78 Å². The molecule has 1 nitrogen and oxygen atoms in total. The quantitative estimate of drug-likeness (QED) is 0.322. The van der Waals surface area contributed by atoms with E-state index in [4.69, 9.17) is 5.26 Å². The molecule has 2 aromatic carbocycles. The van der Waals surface area contributed by atoms with Crippen LogP contribution in [0.2, 0.25) is 0 Å². The molecule has 0 N–H and O–H groups in total. The Bertz CT molecular complexity index is 873. The highest BCUT2D eigenvalue weighted by Gasteiger charge is 2.21. The summed E-state index contributed by atoms with van der Waals surface area (Å²) < 4.78 is 28.2. The molecule has 0 radical (unpaired) electrons. The summed E-state index contributed by atoms with van der Waals surface area (Å²) in [6.45, 7) is 2.27. The Balaban J connectivity index is 1.40. The van der Waals surface area contributed by atoms with Crippen molar-refractivity contribution in [1.29, 1.82) is 5.26 Å². The summed E-state index contributed by atoms with van der Waals surface area (Å²) in [4.78, 5) is 0. The van der Waals surface area contributed by atoms with Crippen molar-refractivity contribution in [2.45, 2.75) is 90.4 Å². The highest BCUT2D eigenvalue weighted by Crippen LogP contribution is 2.34. The average Bonchev–Trinajstić information content (AvgIpc) is 2.83. The van der Waals surface area contributed by atoms with Crippen molar-refractivity contribution in [3.8, 4) is 17.2 Å². The second-order valence-corrected chi connectivity index (χ2v) is 9.58. The molecule has 1 fully saturated rings. The van der Waals surface area contributed by atoms with Gasteiger partial charge in [-0.1, -0.05) is 102 Å². The lowest BCUT2D eigenvalue weighted by molar-refractivity contribution is 0.248. The van der Waals surface area contributed by atoms with E-state index >= 15 is 0 Å². The van der Waals surface area contributed by atoms with Crippen LogP contribution in [0.1, 0.15) is 95.1 Å². The maximum absolute atomic E-state index is 14.3. The minimum atomic E-state index is -1.07. The summed E-state index contributed by atoms with van der Waals surface area (Å²) in [5.74, 6) is -0.254. The lowest BCUT2D eigenvalue weighted by atomic mass is 9.77. The van der Waals surface area contributed by atoms with E-state index in [1.165, 1.54) is 94.7 Å². The molecule has 0 saturated heterocycles. The third kappa shape index (κ3) is 6.89. The molecular formula is C29H37F2N. The second-order valence-electron chi connectivity index (χ2n) is 9.58. The van der Waals surface area contributed by atoms with Gasteiger partial charge in [0.05, 0.1) is 5.56 Å². The molecule has 0 spiro atoms. The van der Waals surface area contributed by atoms with E-state index in [1.54, 1.807) is 6.07 Å². The van der Waals surface area contributed by atoms with Gasteiger partial charge in [-0.25, -0.2) is 8.78 Å². The van der Waals surface area contributed by atoms with Crippen molar-refractivity contribution in [1.82, 2.24) is 0 Å².